The van der Waals surface area contributed by atoms with E-state index in [-0.39, 0.29) is 5.97 Å². The molecule has 184 valence electrons. The van der Waals surface area contributed by atoms with Gasteiger partial charge in [0.05, 0.1) is 24.3 Å². The van der Waals surface area contributed by atoms with Crippen LogP contribution in [0, 0.1) is 6.92 Å². The van der Waals surface area contributed by atoms with Crippen LogP contribution in [0.3, 0.4) is 0 Å². The van der Waals surface area contributed by atoms with E-state index < -0.39 is 5.41 Å². The number of carbonyl (C=O) groups is 1. The van der Waals surface area contributed by atoms with Gasteiger partial charge in [0, 0.05) is 29.3 Å². The topological polar surface area (TPSA) is 74.5 Å². The second-order valence-electron chi connectivity index (χ2n) is 9.11. The van der Waals surface area contributed by atoms with Crippen LogP contribution in [0.2, 0.25) is 0 Å². The largest absolute Gasteiger partial charge is 0.478 e. The molecule has 0 atom stereocenters. The van der Waals surface area contributed by atoms with Gasteiger partial charge in [-0.15, -0.1) is 0 Å². The molecule has 1 fully saturated rings. The molecule has 1 aliphatic rings. The van der Waals surface area contributed by atoms with E-state index in [4.69, 9.17) is 14.0 Å². The van der Waals surface area contributed by atoms with Gasteiger partial charge in [-0.1, -0.05) is 59.8 Å². The fourth-order valence-electron chi connectivity index (χ4n) is 4.59. The molecule has 0 spiro atoms. The summed E-state index contributed by atoms with van der Waals surface area (Å²) in [6.07, 6.45) is 2.31. The van der Waals surface area contributed by atoms with E-state index in [9.17, 15) is 4.79 Å². The first kappa shape index (κ1) is 23.8. The molecular weight excluding hydrogens is 452 g/mol. The molecule has 0 aliphatic heterocycles. The average Bonchev–Trinajstić information content (AvgIpc) is 3.64. The standard InChI is InChI=1S/C30H30N2O4/c1-4-34-27-8-6-7-25(31-27)19-26-20(3)32-36-28(26)23-11-9-21(10-12-23)22-13-15-24(16-14-22)30(17-18-30)29(33)35-5-2/h6-16H,4-5,17-19H2,1-3H3. The highest BCUT2D eigenvalue weighted by Crippen LogP contribution is 2.49. The average molecular weight is 483 g/mol. The zero-order chi connectivity index (χ0) is 25.1. The Morgan fingerprint density at radius 1 is 0.917 bits per heavy atom. The van der Waals surface area contributed by atoms with E-state index in [1.54, 1.807) is 0 Å². The van der Waals surface area contributed by atoms with Crippen LogP contribution in [0.1, 0.15) is 49.2 Å². The number of nitrogens with zero attached hydrogens (tertiary/aromatic N) is 2. The number of aromatic nitrogens is 2. The minimum atomic E-state index is -0.448. The normalized spacial score (nSPS) is 13.9. The summed E-state index contributed by atoms with van der Waals surface area (Å²) in [5.74, 6) is 1.26. The van der Waals surface area contributed by atoms with Gasteiger partial charge in [0.15, 0.2) is 5.76 Å². The predicted molar refractivity (Wildman–Crippen MR) is 138 cm³/mol. The third-order valence-electron chi connectivity index (χ3n) is 6.75. The molecule has 6 nitrogen and oxygen atoms in total. The highest BCUT2D eigenvalue weighted by molar-refractivity contribution is 5.87. The van der Waals surface area contributed by atoms with Gasteiger partial charge in [0.25, 0.3) is 0 Å². The van der Waals surface area contributed by atoms with Crippen molar-refractivity contribution in [2.24, 2.45) is 0 Å². The molecule has 5 rings (SSSR count). The summed E-state index contributed by atoms with van der Waals surface area (Å²) in [7, 11) is 0. The first-order valence-electron chi connectivity index (χ1n) is 12.5. The molecule has 0 unspecified atom stereocenters. The summed E-state index contributed by atoms with van der Waals surface area (Å²) in [5.41, 5.74) is 6.50. The molecule has 36 heavy (non-hydrogen) atoms. The molecule has 1 aliphatic carbocycles. The van der Waals surface area contributed by atoms with Gasteiger partial charge >= 0.3 is 5.97 Å². The number of rotatable bonds is 9. The third-order valence-corrected chi connectivity index (χ3v) is 6.75. The predicted octanol–water partition coefficient (Wildman–Crippen LogP) is 6.30. The van der Waals surface area contributed by atoms with Gasteiger partial charge in [0.1, 0.15) is 0 Å². The summed E-state index contributed by atoms with van der Waals surface area (Å²) >= 11 is 0. The molecule has 0 N–H and O–H groups in total. The maximum Gasteiger partial charge on any atom is 0.316 e. The van der Waals surface area contributed by atoms with Crippen molar-refractivity contribution in [2.45, 2.75) is 45.4 Å². The lowest BCUT2D eigenvalue weighted by molar-refractivity contribution is -0.146. The minimum absolute atomic E-state index is 0.111. The van der Waals surface area contributed by atoms with E-state index in [0.717, 1.165) is 57.8 Å². The summed E-state index contributed by atoms with van der Waals surface area (Å²) in [6.45, 7) is 6.73. The van der Waals surface area contributed by atoms with Crippen LogP contribution in [0.25, 0.3) is 22.5 Å². The van der Waals surface area contributed by atoms with Crippen molar-refractivity contribution in [2.75, 3.05) is 13.2 Å². The van der Waals surface area contributed by atoms with Crippen LogP contribution in [0.4, 0.5) is 0 Å². The van der Waals surface area contributed by atoms with Crippen LogP contribution in [0.15, 0.2) is 71.3 Å². The molecule has 4 aromatic rings. The van der Waals surface area contributed by atoms with Crippen molar-refractivity contribution in [3.63, 3.8) is 0 Å². The van der Waals surface area contributed by atoms with Crippen molar-refractivity contribution in [3.8, 4) is 28.3 Å². The van der Waals surface area contributed by atoms with E-state index >= 15 is 0 Å². The zero-order valence-electron chi connectivity index (χ0n) is 20.9. The monoisotopic (exact) mass is 482 g/mol. The van der Waals surface area contributed by atoms with E-state index in [1.807, 2.05) is 39.0 Å². The Hall–Kier alpha value is -3.93. The Morgan fingerprint density at radius 2 is 1.58 bits per heavy atom. The maximum absolute atomic E-state index is 12.4. The fourth-order valence-corrected chi connectivity index (χ4v) is 4.59. The lowest BCUT2D eigenvalue weighted by Gasteiger charge is -2.14. The Kier molecular flexibility index (Phi) is 6.59. The number of pyridine rings is 1. The van der Waals surface area contributed by atoms with E-state index in [1.165, 1.54) is 0 Å². The van der Waals surface area contributed by atoms with Crippen LogP contribution < -0.4 is 4.74 Å². The van der Waals surface area contributed by atoms with Crippen molar-refractivity contribution >= 4 is 5.97 Å². The second-order valence-corrected chi connectivity index (χ2v) is 9.11. The Bertz CT molecular complexity index is 1350. The lowest BCUT2D eigenvalue weighted by Crippen LogP contribution is -2.23. The van der Waals surface area contributed by atoms with Crippen molar-refractivity contribution in [1.82, 2.24) is 10.1 Å². The molecule has 2 heterocycles. The molecule has 1 saturated carbocycles. The lowest BCUT2D eigenvalue weighted by atomic mass is 9.93. The van der Waals surface area contributed by atoms with Crippen LogP contribution in [-0.2, 0) is 21.4 Å². The number of benzene rings is 2. The molecule has 2 aromatic carbocycles. The van der Waals surface area contributed by atoms with Gasteiger partial charge in [-0.25, -0.2) is 4.98 Å². The molecule has 0 bridgehead atoms. The van der Waals surface area contributed by atoms with Crippen LogP contribution in [0.5, 0.6) is 5.88 Å². The summed E-state index contributed by atoms with van der Waals surface area (Å²) in [6, 6.07) is 22.3. The van der Waals surface area contributed by atoms with E-state index in [2.05, 4.69) is 58.7 Å². The van der Waals surface area contributed by atoms with Gasteiger partial charge in [-0.05, 0) is 56.4 Å². The van der Waals surface area contributed by atoms with Crippen LogP contribution >= 0.6 is 0 Å². The highest BCUT2D eigenvalue weighted by atomic mass is 16.5. The molecule has 2 aromatic heterocycles. The Morgan fingerprint density at radius 3 is 2.22 bits per heavy atom. The third kappa shape index (κ3) is 4.63. The number of carbonyl (C=O) groups excluding carboxylic acids is 1. The molecular formula is C30H30N2O4. The first-order chi connectivity index (χ1) is 17.5. The van der Waals surface area contributed by atoms with Crippen molar-refractivity contribution < 1.29 is 18.8 Å². The minimum Gasteiger partial charge on any atom is -0.478 e. The number of esters is 1. The van der Waals surface area contributed by atoms with Gasteiger partial charge in [0.2, 0.25) is 5.88 Å². The molecule has 0 saturated heterocycles. The number of hydrogen-bond donors (Lipinski definition) is 0. The summed E-state index contributed by atoms with van der Waals surface area (Å²) in [5, 5.41) is 4.22. The second kappa shape index (κ2) is 9.97. The fraction of sp³-hybridized carbons (Fsp3) is 0.300. The zero-order valence-corrected chi connectivity index (χ0v) is 20.9. The van der Waals surface area contributed by atoms with Crippen molar-refractivity contribution in [3.05, 3.63) is 89.2 Å². The Balaban J connectivity index is 1.35. The van der Waals surface area contributed by atoms with Crippen molar-refractivity contribution in [1.29, 1.82) is 0 Å². The summed E-state index contributed by atoms with van der Waals surface area (Å²) < 4.78 is 16.6. The first-order valence-corrected chi connectivity index (χ1v) is 12.5. The molecule has 0 amide bonds. The quantitative estimate of drug-likeness (QED) is 0.261. The van der Waals surface area contributed by atoms with Gasteiger partial charge in [-0.3, -0.25) is 4.79 Å². The number of aryl methyl sites for hydroxylation is 1. The molecule has 0 radical (unpaired) electrons. The smallest absolute Gasteiger partial charge is 0.316 e. The highest BCUT2D eigenvalue weighted by Gasteiger charge is 2.52. The summed E-state index contributed by atoms with van der Waals surface area (Å²) in [4.78, 5) is 17.0. The molecule has 6 heteroatoms. The Labute approximate surface area is 211 Å². The number of ether oxygens (including phenoxy) is 2. The van der Waals surface area contributed by atoms with Gasteiger partial charge < -0.3 is 14.0 Å². The number of hydrogen-bond acceptors (Lipinski definition) is 6. The van der Waals surface area contributed by atoms with Gasteiger partial charge in [-0.2, -0.15) is 0 Å². The SMILES string of the molecule is CCOC(=O)C1(c2ccc(-c3ccc(-c4onc(C)c4Cc4cccc(OCC)n4)cc3)cc2)CC1. The van der Waals surface area contributed by atoms with E-state index in [0.29, 0.717) is 25.5 Å². The van der Waals surface area contributed by atoms with Crippen LogP contribution in [-0.4, -0.2) is 29.3 Å². The maximum atomic E-state index is 12.4.